The molecule has 1 heterocycles. The van der Waals surface area contributed by atoms with E-state index in [0.717, 1.165) is 24.8 Å². The molecule has 6 nitrogen and oxygen atoms in total. The van der Waals surface area contributed by atoms with Crippen molar-refractivity contribution in [2.24, 2.45) is 5.41 Å². The molecule has 2 amide bonds. The largest absolute Gasteiger partial charge is 0.481 e. The molecule has 6 heteroatoms. The van der Waals surface area contributed by atoms with Crippen LogP contribution in [-0.2, 0) is 11.2 Å². The molecule has 1 aromatic carbocycles. The lowest BCUT2D eigenvalue weighted by atomic mass is 9.76. The second-order valence-electron chi connectivity index (χ2n) is 6.57. The van der Waals surface area contributed by atoms with Gasteiger partial charge in [0.1, 0.15) is 0 Å². The number of rotatable bonds is 7. The molecular weight excluding hydrogens is 308 g/mol. The first kappa shape index (κ1) is 18.3. The summed E-state index contributed by atoms with van der Waals surface area (Å²) in [6, 6.07) is 9.84. The zero-order valence-electron chi connectivity index (χ0n) is 13.9. The summed E-state index contributed by atoms with van der Waals surface area (Å²) < 4.78 is 0. The van der Waals surface area contributed by atoms with Gasteiger partial charge in [-0.15, -0.1) is 0 Å². The van der Waals surface area contributed by atoms with E-state index in [1.165, 1.54) is 0 Å². The van der Waals surface area contributed by atoms with Gasteiger partial charge in [-0.05, 0) is 31.2 Å². The first-order valence-electron chi connectivity index (χ1n) is 8.44. The normalized spacial score (nSPS) is 20.6. The Labute approximate surface area is 142 Å². The van der Waals surface area contributed by atoms with E-state index >= 15 is 0 Å². The topological polar surface area (TPSA) is 89.9 Å². The fourth-order valence-corrected chi connectivity index (χ4v) is 3.29. The third kappa shape index (κ3) is 5.23. The lowest BCUT2D eigenvalue weighted by molar-refractivity contribution is -0.137. The summed E-state index contributed by atoms with van der Waals surface area (Å²) in [5, 5.41) is 21.3. The molecule has 0 aromatic heterocycles. The van der Waals surface area contributed by atoms with Crippen LogP contribution in [0.5, 0.6) is 0 Å². The molecule has 1 saturated heterocycles. The number of urea groups is 1. The molecule has 0 bridgehead atoms. The van der Waals surface area contributed by atoms with Gasteiger partial charge >= 0.3 is 12.0 Å². The van der Waals surface area contributed by atoms with E-state index in [1.807, 2.05) is 30.3 Å². The monoisotopic (exact) mass is 334 g/mol. The summed E-state index contributed by atoms with van der Waals surface area (Å²) in [7, 11) is 0. The molecule has 1 aromatic rings. The van der Waals surface area contributed by atoms with E-state index in [4.69, 9.17) is 5.11 Å². The highest BCUT2D eigenvalue weighted by molar-refractivity contribution is 5.74. The lowest BCUT2D eigenvalue weighted by Crippen LogP contribution is -2.52. The highest BCUT2D eigenvalue weighted by Crippen LogP contribution is 2.33. The molecule has 0 aliphatic carbocycles. The highest BCUT2D eigenvalue weighted by Gasteiger charge is 2.36. The van der Waals surface area contributed by atoms with Crippen molar-refractivity contribution in [2.75, 3.05) is 26.2 Å². The smallest absolute Gasteiger partial charge is 0.317 e. The van der Waals surface area contributed by atoms with Gasteiger partial charge in [-0.1, -0.05) is 30.3 Å². The zero-order chi connectivity index (χ0) is 17.4. The summed E-state index contributed by atoms with van der Waals surface area (Å²) in [5.41, 5.74) is 0.855. The average molecular weight is 334 g/mol. The quantitative estimate of drug-likeness (QED) is 0.664. The van der Waals surface area contributed by atoms with E-state index in [9.17, 15) is 14.7 Å². The molecule has 2 rings (SSSR count). The van der Waals surface area contributed by atoms with Gasteiger partial charge in [0.05, 0.1) is 6.61 Å². The van der Waals surface area contributed by atoms with E-state index in [0.29, 0.717) is 26.1 Å². The molecule has 1 fully saturated rings. The Morgan fingerprint density at radius 2 is 2.00 bits per heavy atom. The molecule has 0 spiro atoms. The summed E-state index contributed by atoms with van der Waals surface area (Å²) in [6.07, 6.45) is 2.96. The molecule has 24 heavy (non-hydrogen) atoms. The van der Waals surface area contributed by atoms with E-state index < -0.39 is 5.97 Å². The lowest BCUT2D eigenvalue weighted by Gasteiger charge is -2.42. The number of carbonyl (C=O) groups is 2. The van der Waals surface area contributed by atoms with Gasteiger partial charge < -0.3 is 20.4 Å². The van der Waals surface area contributed by atoms with Crippen LogP contribution in [0.1, 0.15) is 31.2 Å². The number of carboxylic acid groups (broad SMARTS) is 1. The van der Waals surface area contributed by atoms with Gasteiger partial charge in [0, 0.05) is 31.5 Å². The van der Waals surface area contributed by atoms with Crippen LogP contribution in [0.3, 0.4) is 0 Å². The van der Waals surface area contributed by atoms with Crippen LogP contribution in [0.25, 0.3) is 0 Å². The summed E-state index contributed by atoms with van der Waals surface area (Å²) in [4.78, 5) is 24.5. The minimum atomic E-state index is -0.857. The Kier molecular flexibility index (Phi) is 6.61. The number of benzene rings is 1. The number of carboxylic acids is 1. The van der Waals surface area contributed by atoms with Crippen LogP contribution < -0.4 is 5.32 Å². The van der Waals surface area contributed by atoms with Crippen molar-refractivity contribution in [2.45, 2.75) is 32.1 Å². The second-order valence-corrected chi connectivity index (χ2v) is 6.57. The van der Waals surface area contributed by atoms with Gasteiger partial charge in [0.25, 0.3) is 0 Å². The van der Waals surface area contributed by atoms with Crippen LogP contribution in [0.15, 0.2) is 30.3 Å². The third-order valence-electron chi connectivity index (χ3n) is 4.55. The fourth-order valence-electron chi connectivity index (χ4n) is 3.29. The minimum absolute atomic E-state index is 0.0463. The van der Waals surface area contributed by atoms with Crippen molar-refractivity contribution >= 4 is 12.0 Å². The molecule has 132 valence electrons. The number of hydrogen-bond acceptors (Lipinski definition) is 3. The maximum atomic E-state index is 12.3. The van der Waals surface area contributed by atoms with Crippen molar-refractivity contribution in [1.29, 1.82) is 0 Å². The van der Waals surface area contributed by atoms with Gasteiger partial charge in [-0.2, -0.15) is 0 Å². The Bertz CT molecular complexity index is 549. The Hall–Kier alpha value is -2.08. The standard InChI is InChI=1S/C18H26N2O4/c21-14-18(12-15-6-2-1-3-7-15)9-5-11-20(13-18)17(24)19-10-4-8-16(22)23/h1-3,6-7,21H,4-5,8-14H2,(H,19,24)(H,22,23). The zero-order valence-corrected chi connectivity index (χ0v) is 13.9. The molecule has 1 atom stereocenters. The second kappa shape index (κ2) is 8.68. The average Bonchev–Trinajstić information content (AvgIpc) is 2.59. The molecule has 1 aliphatic rings. The van der Waals surface area contributed by atoms with Crippen molar-refractivity contribution in [1.82, 2.24) is 10.2 Å². The molecule has 0 saturated carbocycles. The number of aliphatic carboxylic acids is 1. The van der Waals surface area contributed by atoms with Gasteiger partial charge in [0.15, 0.2) is 0 Å². The van der Waals surface area contributed by atoms with Crippen LogP contribution in [-0.4, -0.2) is 53.4 Å². The van der Waals surface area contributed by atoms with Crippen molar-refractivity contribution in [3.8, 4) is 0 Å². The van der Waals surface area contributed by atoms with Gasteiger partial charge in [-0.25, -0.2) is 4.79 Å². The van der Waals surface area contributed by atoms with Gasteiger partial charge in [0.2, 0.25) is 0 Å². The van der Waals surface area contributed by atoms with Crippen LogP contribution in [0, 0.1) is 5.41 Å². The molecule has 3 N–H and O–H groups in total. The van der Waals surface area contributed by atoms with Crippen LogP contribution in [0.2, 0.25) is 0 Å². The Morgan fingerprint density at radius 1 is 1.25 bits per heavy atom. The third-order valence-corrected chi connectivity index (χ3v) is 4.55. The number of piperidine rings is 1. The first-order chi connectivity index (χ1) is 11.5. The maximum absolute atomic E-state index is 12.3. The molecular formula is C18H26N2O4. The van der Waals surface area contributed by atoms with Crippen LogP contribution in [0.4, 0.5) is 4.79 Å². The SMILES string of the molecule is O=C(O)CCCNC(=O)N1CCCC(CO)(Cc2ccccc2)C1. The summed E-state index contributed by atoms with van der Waals surface area (Å²) in [5.74, 6) is -0.857. The highest BCUT2D eigenvalue weighted by atomic mass is 16.4. The van der Waals surface area contributed by atoms with E-state index in [1.54, 1.807) is 4.90 Å². The molecule has 1 unspecified atom stereocenters. The summed E-state index contributed by atoms with van der Waals surface area (Å²) >= 11 is 0. The number of aliphatic hydroxyl groups is 1. The first-order valence-corrected chi connectivity index (χ1v) is 8.44. The molecule has 0 radical (unpaired) electrons. The maximum Gasteiger partial charge on any atom is 0.317 e. The Morgan fingerprint density at radius 3 is 2.67 bits per heavy atom. The minimum Gasteiger partial charge on any atom is -0.481 e. The predicted octanol–water partition coefficient (Wildman–Crippen LogP) is 1.88. The molecule has 1 aliphatic heterocycles. The number of hydrogen-bond donors (Lipinski definition) is 3. The number of nitrogens with zero attached hydrogens (tertiary/aromatic N) is 1. The number of carbonyl (C=O) groups excluding carboxylic acids is 1. The fraction of sp³-hybridized carbons (Fsp3) is 0.556. The van der Waals surface area contributed by atoms with Gasteiger partial charge in [-0.3, -0.25) is 4.79 Å². The van der Waals surface area contributed by atoms with E-state index in [-0.39, 0.29) is 24.5 Å². The van der Waals surface area contributed by atoms with Crippen molar-refractivity contribution < 1.29 is 19.8 Å². The number of aliphatic hydroxyl groups excluding tert-OH is 1. The summed E-state index contributed by atoms with van der Waals surface area (Å²) in [6.45, 7) is 1.58. The van der Waals surface area contributed by atoms with E-state index in [2.05, 4.69) is 5.32 Å². The number of amides is 2. The van der Waals surface area contributed by atoms with Crippen molar-refractivity contribution in [3.05, 3.63) is 35.9 Å². The number of likely N-dealkylation sites (tertiary alicyclic amines) is 1. The van der Waals surface area contributed by atoms with Crippen LogP contribution >= 0.6 is 0 Å². The Balaban J connectivity index is 1.91. The predicted molar refractivity (Wildman–Crippen MR) is 90.7 cm³/mol. The van der Waals surface area contributed by atoms with Crippen molar-refractivity contribution in [3.63, 3.8) is 0 Å². The number of nitrogens with one attached hydrogen (secondary N) is 1.